The van der Waals surface area contributed by atoms with Gasteiger partial charge in [0.2, 0.25) is 0 Å². The standard InChI is InChI=1S/C13H18N2O4/c1-8-4-5-9(15(16)17)6-11(8)19-12-7-10(14-2)13(12)18-3/h4-6,10,12-14H,7H2,1-3H3. The van der Waals surface area contributed by atoms with Gasteiger partial charge in [0.15, 0.2) is 0 Å². The average molecular weight is 266 g/mol. The first-order chi connectivity index (χ1) is 9.06. The fraction of sp³-hybridized carbons (Fsp3) is 0.538. The maximum atomic E-state index is 10.8. The Morgan fingerprint density at radius 3 is 2.79 bits per heavy atom. The number of aryl methyl sites for hydroxylation is 1. The van der Waals surface area contributed by atoms with Gasteiger partial charge in [-0.3, -0.25) is 10.1 Å². The van der Waals surface area contributed by atoms with E-state index in [1.165, 1.54) is 12.1 Å². The summed E-state index contributed by atoms with van der Waals surface area (Å²) in [4.78, 5) is 10.3. The Bertz CT molecular complexity index is 478. The molecular weight excluding hydrogens is 248 g/mol. The summed E-state index contributed by atoms with van der Waals surface area (Å²) in [6.07, 6.45) is 0.740. The van der Waals surface area contributed by atoms with E-state index in [4.69, 9.17) is 9.47 Å². The molecule has 1 aromatic rings. The van der Waals surface area contributed by atoms with Crippen LogP contribution in [0.5, 0.6) is 5.75 Å². The van der Waals surface area contributed by atoms with Gasteiger partial charge >= 0.3 is 0 Å². The molecule has 104 valence electrons. The highest BCUT2D eigenvalue weighted by Crippen LogP contribution is 2.32. The number of non-ortho nitro benzene ring substituents is 1. The van der Waals surface area contributed by atoms with E-state index in [2.05, 4.69) is 5.32 Å². The zero-order chi connectivity index (χ0) is 14.0. The lowest BCUT2D eigenvalue weighted by molar-refractivity contribution is -0.385. The minimum absolute atomic E-state index is 0.0244. The van der Waals surface area contributed by atoms with E-state index in [1.807, 2.05) is 14.0 Å². The number of nitrogens with one attached hydrogen (secondary N) is 1. The van der Waals surface area contributed by atoms with Gasteiger partial charge < -0.3 is 14.8 Å². The summed E-state index contributed by atoms with van der Waals surface area (Å²) in [6.45, 7) is 1.87. The van der Waals surface area contributed by atoms with Crippen molar-refractivity contribution in [2.75, 3.05) is 14.2 Å². The zero-order valence-corrected chi connectivity index (χ0v) is 11.3. The van der Waals surface area contributed by atoms with Gasteiger partial charge in [-0.2, -0.15) is 0 Å². The van der Waals surface area contributed by atoms with Gasteiger partial charge in [0.1, 0.15) is 18.0 Å². The predicted molar refractivity (Wildman–Crippen MR) is 70.5 cm³/mol. The zero-order valence-electron chi connectivity index (χ0n) is 11.3. The number of nitrogens with zero attached hydrogens (tertiary/aromatic N) is 1. The molecule has 0 aromatic heterocycles. The second-order valence-corrected chi connectivity index (χ2v) is 4.69. The Morgan fingerprint density at radius 1 is 1.47 bits per heavy atom. The summed E-state index contributed by atoms with van der Waals surface area (Å²) in [7, 11) is 3.52. The lowest BCUT2D eigenvalue weighted by Crippen LogP contribution is -2.60. The Labute approximate surface area is 111 Å². The molecule has 1 aliphatic rings. The van der Waals surface area contributed by atoms with E-state index in [9.17, 15) is 10.1 Å². The van der Waals surface area contributed by atoms with Gasteiger partial charge in [-0.15, -0.1) is 0 Å². The third-order valence-electron chi connectivity index (χ3n) is 3.55. The summed E-state index contributed by atoms with van der Waals surface area (Å²) in [5, 5.41) is 13.9. The molecule has 0 saturated heterocycles. The topological polar surface area (TPSA) is 73.6 Å². The lowest BCUT2D eigenvalue weighted by Gasteiger charge is -2.43. The van der Waals surface area contributed by atoms with Gasteiger partial charge in [-0.1, -0.05) is 0 Å². The van der Waals surface area contributed by atoms with Crippen molar-refractivity contribution in [1.82, 2.24) is 5.32 Å². The van der Waals surface area contributed by atoms with Crippen LogP contribution in [0.25, 0.3) is 0 Å². The maximum absolute atomic E-state index is 10.8. The van der Waals surface area contributed by atoms with E-state index in [0.29, 0.717) is 5.75 Å². The molecule has 3 atom stereocenters. The fourth-order valence-electron chi connectivity index (χ4n) is 2.29. The van der Waals surface area contributed by atoms with Crippen molar-refractivity contribution in [3.63, 3.8) is 0 Å². The Morgan fingerprint density at radius 2 is 2.21 bits per heavy atom. The van der Waals surface area contributed by atoms with Crippen LogP contribution in [0.2, 0.25) is 0 Å². The predicted octanol–water partition coefficient (Wildman–Crippen LogP) is 1.66. The summed E-state index contributed by atoms with van der Waals surface area (Å²) in [6, 6.07) is 4.92. The SMILES string of the molecule is CNC1CC(Oc2cc([N+](=O)[O-])ccc2C)C1OC. The molecular formula is C13H18N2O4. The molecule has 1 N–H and O–H groups in total. The number of rotatable bonds is 5. The highest BCUT2D eigenvalue weighted by atomic mass is 16.6. The largest absolute Gasteiger partial charge is 0.487 e. The van der Waals surface area contributed by atoms with Crippen LogP contribution >= 0.6 is 0 Å². The Kier molecular flexibility index (Phi) is 4.01. The first-order valence-electron chi connectivity index (χ1n) is 6.18. The Balaban J connectivity index is 2.11. The van der Waals surface area contributed by atoms with E-state index in [-0.39, 0.29) is 23.9 Å². The molecule has 1 saturated carbocycles. The monoisotopic (exact) mass is 266 g/mol. The Hall–Kier alpha value is -1.66. The second-order valence-electron chi connectivity index (χ2n) is 4.69. The van der Waals surface area contributed by atoms with Crippen LogP contribution in [0.15, 0.2) is 18.2 Å². The molecule has 2 rings (SSSR count). The van der Waals surface area contributed by atoms with Crippen LogP contribution in [0.3, 0.4) is 0 Å². The number of nitro benzene ring substituents is 1. The van der Waals surface area contributed by atoms with E-state index >= 15 is 0 Å². The quantitative estimate of drug-likeness (QED) is 0.648. The summed E-state index contributed by atoms with van der Waals surface area (Å²) in [5.41, 5.74) is 0.924. The summed E-state index contributed by atoms with van der Waals surface area (Å²) in [5.74, 6) is 0.552. The van der Waals surface area contributed by atoms with Gasteiger partial charge in [0.05, 0.1) is 11.0 Å². The van der Waals surface area contributed by atoms with Crippen molar-refractivity contribution in [2.24, 2.45) is 0 Å². The summed E-state index contributed by atoms with van der Waals surface area (Å²) < 4.78 is 11.2. The maximum Gasteiger partial charge on any atom is 0.273 e. The van der Waals surface area contributed by atoms with Crippen LogP contribution in [0.4, 0.5) is 5.69 Å². The molecule has 19 heavy (non-hydrogen) atoms. The average Bonchev–Trinajstić information content (AvgIpc) is 2.36. The second kappa shape index (κ2) is 5.54. The molecule has 0 bridgehead atoms. The van der Waals surface area contributed by atoms with Gasteiger partial charge in [-0.05, 0) is 25.6 Å². The van der Waals surface area contributed by atoms with Crippen LogP contribution in [-0.2, 0) is 4.74 Å². The van der Waals surface area contributed by atoms with Crippen molar-refractivity contribution < 1.29 is 14.4 Å². The van der Waals surface area contributed by atoms with Crippen LogP contribution in [0.1, 0.15) is 12.0 Å². The molecule has 1 aromatic carbocycles. The minimum atomic E-state index is -0.419. The van der Waals surface area contributed by atoms with Gasteiger partial charge in [-0.25, -0.2) is 0 Å². The van der Waals surface area contributed by atoms with E-state index in [1.54, 1.807) is 13.2 Å². The number of hydrogen-bond donors (Lipinski definition) is 1. The molecule has 1 aliphatic carbocycles. The first kappa shape index (κ1) is 13.8. The van der Waals surface area contributed by atoms with Crippen LogP contribution < -0.4 is 10.1 Å². The van der Waals surface area contributed by atoms with Gasteiger partial charge in [0.25, 0.3) is 5.69 Å². The highest BCUT2D eigenvalue weighted by molar-refractivity contribution is 5.44. The molecule has 3 unspecified atom stereocenters. The third kappa shape index (κ3) is 2.69. The number of ether oxygens (including phenoxy) is 2. The molecule has 6 nitrogen and oxygen atoms in total. The minimum Gasteiger partial charge on any atom is -0.487 e. The smallest absolute Gasteiger partial charge is 0.273 e. The van der Waals surface area contributed by atoms with Crippen molar-refractivity contribution in [2.45, 2.75) is 31.6 Å². The van der Waals surface area contributed by atoms with Crippen LogP contribution in [-0.4, -0.2) is 37.3 Å². The number of benzene rings is 1. The van der Waals surface area contributed by atoms with Crippen molar-refractivity contribution in [3.8, 4) is 5.75 Å². The van der Waals surface area contributed by atoms with Crippen molar-refractivity contribution in [1.29, 1.82) is 0 Å². The fourth-order valence-corrected chi connectivity index (χ4v) is 2.29. The molecule has 0 radical (unpaired) electrons. The van der Waals surface area contributed by atoms with Crippen LogP contribution in [0, 0.1) is 17.0 Å². The van der Waals surface area contributed by atoms with Crippen molar-refractivity contribution >= 4 is 5.69 Å². The molecule has 0 spiro atoms. The highest BCUT2D eigenvalue weighted by Gasteiger charge is 2.42. The van der Waals surface area contributed by atoms with E-state index in [0.717, 1.165) is 12.0 Å². The molecule has 0 heterocycles. The number of nitro groups is 1. The number of methoxy groups -OCH3 is 1. The number of hydrogen-bond acceptors (Lipinski definition) is 5. The number of likely N-dealkylation sites (N-methyl/N-ethyl adjacent to an activating group) is 1. The third-order valence-corrected chi connectivity index (χ3v) is 3.55. The lowest BCUT2D eigenvalue weighted by atomic mass is 9.85. The first-order valence-corrected chi connectivity index (χ1v) is 6.18. The summed E-state index contributed by atoms with van der Waals surface area (Å²) >= 11 is 0. The molecule has 0 amide bonds. The van der Waals surface area contributed by atoms with E-state index < -0.39 is 4.92 Å². The normalized spacial score (nSPS) is 25.7. The van der Waals surface area contributed by atoms with Gasteiger partial charge in [0, 0.05) is 25.6 Å². The molecule has 0 aliphatic heterocycles. The molecule has 1 fully saturated rings. The van der Waals surface area contributed by atoms with Crippen molar-refractivity contribution in [3.05, 3.63) is 33.9 Å². The molecule has 6 heteroatoms.